The predicted octanol–water partition coefficient (Wildman–Crippen LogP) is 3.43. The van der Waals surface area contributed by atoms with Gasteiger partial charge in [0.1, 0.15) is 22.9 Å². The van der Waals surface area contributed by atoms with Gasteiger partial charge in [0.2, 0.25) is 0 Å². The van der Waals surface area contributed by atoms with Crippen molar-refractivity contribution in [2.45, 2.75) is 20.0 Å². The van der Waals surface area contributed by atoms with Crippen LogP contribution in [0.3, 0.4) is 0 Å². The summed E-state index contributed by atoms with van der Waals surface area (Å²) in [6, 6.07) is 12.4. The minimum atomic E-state index is -0.351. The van der Waals surface area contributed by atoms with Crippen LogP contribution in [0.2, 0.25) is 0 Å². The van der Waals surface area contributed by atoms with Gasteiger partial charge in [-0.25, -0.2) is 0 Å². The zero-order chi connectivity index (χ0) is 22.4. The van der Waals surface area contributed by atoms with Crippen molar-refractivity contribution in [1.29, 1.82) is 0 Å². The molecule has 32 heavy (non-hydrogen) atoms. The first-order chi connectivity index (χ1) is 15.4. The number of benzene rings is 2. The molecular formula is C23H22N6O3. The Bertz CT molecular complexity index is 1320. The molecule has 1 aliphatic rings. The number of aryl methyl sites for hydroxylation is 2. The maximum Gasteiger partial charge on any atom is 0.260 e. The standard InChI is InChI=1S/C23H22N6O3/c1-13-5-3-4-6-16(13)17-9-21(28(2)27-17)25-18-7-15(30)8-20(31)22(18)23(32)29-11-14-10-24-26-19(14)12-29/h3-10,25,30-31H,11-12H2,1-2H3,(H,24,26). The number of aromatic hydroxyl groups is 2. The van der Waals surface area contributed by atoms with Gasteiger partial charge in [0, 0.05) is 42.9 Å². The third-order valence-electron chi connectivity index (χ3n) is 5.68. The molecule has 2 aromatic carbocycles. The number of hydrogen-bond donors (Lipinski definition) is 4. The molecule has 9 nitrogen and oxygen atoms in total. The van der Waals surface area contributed by atoms with E-state index in [4.69, 9.17) is 0 Å². The molecule has 0 aliphatic carbocycles. The summed E-state index contributed by atoms with van der Waals surface area (Å²) < 4.78 is 1.66. The molecule has 0 radical (unpaired) electrons. The molecule has 1 amide bonds. The van der Waals surface area contributed by atoms with Crippen molar-refractivity contribution in [1.82, 2.24) is 24.9 Å². The zero-order valence-corrected chi connectivity index (χ0v) is 17.6. The topological polar surface area (TPSA) is 119 Å². The molecule has 162 valence electrons. The van der Waals surface area contributed by atoms with Crippen LogP contribution in [0, 0.1) is 6.92 Å². The fourth-order valence-corrected chi connectivity index (χ4v) is 4.01. The van der Waals surface area contributed by atoms with Gasteiger partial charge in [-0.15, -0.1) is 0 Å². The predicted molar refractivity (Wildman–Crippen MR) is 119 cm³/mol. The lowest BCUT2D eigenvalue weighted by Gasteiger charge is -2.19. The number of phenolic OH excluding ortho intramolecular Hbond substituents is 2. The molecule has 0 unspecified atom stereocenters. The average Bonchev–Trinajstić information content (AvgIpc) is 3.43. The van der Waals surface area contributed by atoms with Crippen LogP contribution in [-0.2, 0) is 20.1 Å². The number of carbonyl (C=O) groups is 1. The van der Waals surface area contributed by atoms with Gasteiger partial charge in [-0.2, -0.15) is 10.2 Å². The van der Waals surface area contributed by atoms with Crippen molar-refractivity contribution in [2.24, 2.45) is 7.05 Å². The molecule has 0 fully saturated rings. The van der Waals surface area contributed by atoms with Crippen LogP contribution in [0.5, 0.6) is 11.5 Å². The smallest absolute Gasteiger partial charge is 0.260 e. The molecule has 3 heterocycles. The minimum Gasteiger partial charge on any atom is -0.508 e. The average molecular weight is 430 g/mol. The number of aromatic nitrogens is 4. The second kappa shape index (κ2) is 7.45. The summed E-state index contributed by atoms with van der Waals surface area (Å²) in [5.74, 6) is -0.194. The number of fused-ring (bicyclic) bond motifs is 1. The van der Waals surface area contributed by atoms with Crippen LogP contribution in [0.15, 0.2) is 48.7 Å². The zero-order valence-electron chi connectivity index (χ0n) is 17.6. The van der Waals surface area contributed by atoms with Crippen molar-refractivity contribution in [3.05, 3.63) is 71.0 Å². The van der Waals surface area contributed by atoms with Gasteiger partial charge in [0.05, 0.1) is 29.8 Å². The molecule has 4 N–H and O–H groups in total. The highest BCUT2D eigenvalue weighted by molar-refractivity contribution is 6.03. The van der Waals surface area contributed by atoms with Crippen molar-refractivity contribution in [2.75, 3.05) is 5.32 Å². The molecular weight excluding hydrogens is 408 g/mol. The van der Waals surface area contributed by atoms with Crippen molar-refractivity contribution in [3.8, 4) is 22.8 Å². The molecule has 0 saturated carbocycles. The molecule has 2 aromatic heterocycles. The Balaban J connectivity index is 1.49. The SMILES string of the molecule is Cc1ccccc1-c1cc(Nc2cc(O)cc(O)c2C(=O)N2Cc3cn[nH]c3C2)n(C)n1. The summed E-state index contributed by atoms with van der Waals surface area (Å²) >= 11 is 0. The Hall–Kier alpha value is -4.27. The van der Waals surface area contributed by atoms with E-state index in [1.54, 1.807) is 22.8 Å². The van der Waals surface area contributed by atoms with E-state index >= 15 is 0 Å². The highest BCUT2D eigenvalue weighted by Crippen LogP contribution is 2.36. The second-order valence-electron chi connectivity index (χ2n) is 7.90. The van der Waals surface area contributed by atoms with Gasteiger partial charge in [0.25, 0.3) is 5.91 Å². The molecule has 4 aromatic rings. The van der Waals surface area contributed by atoms with E-state index in [2.05, 4.69) is 20.6 Å². The van der Waals surface area contributed by atoms with Gasteiger partial charge in [0.15, 0.2) is 0 Å². The lowest BCUT2D eigenvalue weighted by atomic mass is 10.1. The molecule has 0 atom stereocenters. The number of hydrogen-bond acceptors (Lipinski definition) is 6. The number of nitrogens with one attached hydrogen (secondary N) is 2. The summed E-state index contributed by atoms with van der Waals surface area (Å²) in [4.78, 5) is 14.9. The first-order valence-electron chi connectivity index (χ1n) is 10.1. The number of nitrogens with zero attached hydrogens (tertiary/aromatic N) is 4. The first kappa shape index (κ1) is 19.7. The quantitative estimate of drug-likeness (QED) is 0.394. The Kier molecular flexibility index (Phi) is 4.58. The first-order valence-corrected chi connectivity index (χ1v) is 10.1. The fourth-order valence-electron chi connectivity index (χ4n) is 4.01. The molecule has 9 heteroatoms. The van der Waals surface area contributed by atoms with E-state index in [0.717, 1.165) is 34.1 Å². The summed E-state index contributed by atoms with van der Waals surface area (Å²) in [5, 5.41) is 35.2. The number of rotatable bonds is 4. The van der Waals surface area contributed by atoms with E-state index in [0.29, 0.717) is 24.6 Å². The summed E-state index contributed by atoms with van der Waals surface area (Å²) in [6.07, 6.45) is 1.70. The van der Waals surface area contributed by atoms with E-state index in [1.165, 1.54) is 6.07 Å². The van der Waals surface area contributed by atoms with E-state index < -0.39 is 0 Å². The van der Waals surface area contributed by atoms with Gasteiger partial charge in [-0.3, -0.25) is 14.6 Å². The normalized spacial score (nSPS) is 12.8. The second-order valence-corrected chi connectivity index (χ2v) is 7.90. The van der Waals surface area contributed by atoms with E-state index in [9.17, 15) is 15.0 Å². The number of H-pyrrole nitrogens is 1. The lowest BCUT2D eigenvalue weighted by molar-refractivity contribution is 0.0747. The number of anilines is 2. The Morgan fingerprint density at radius 2 is 1.97 bits per heavy atom. The van der Waals surface area contributed by atoms with Crippen LogP contribution in [0.4, 0.5) is 11.5 Å². The van der Waals surface area contributed by atoms with Gasteiger partial charge < -0.3 is 20.4 Å². The molecule has 5 rings (SSSR count). The Morgan fingerprint density at radius 3 is 2.75 bits per heavy atom. The van der Waals surface area contributed by atoms with Crippen LogP contribution in [-0.4, -0.2) is 41.0 Å². The molecule has 1 aliphatic heterocycles. The van der Waals surface area contributed by atoms with Gasteiger partial charge in [-0.1, -0.05) is 24.3 Å². The van der Waals surface area contributed by atoms with Crippen LogP contribution >= 0.6 is 0 Å². The maximum atomic E-state index is 13.3. The summed E-state index contributed by atoms with van der Waals surface area (Å²) in [6.45, 7) is 2.78. The number of aromatic amines is 1. The van der Waals surface area contributed by atoms with Crippen LogP contribution in [0.1, 0.15) is 27.2 Å². The minimum absolute atomic E-state index is 0.0829. The third kappa shape index (κ3) is 3.33. The molecule has 0 bridgehead atoms. The Morgan fingerprint density at radius 1 is 1.16 bits per heavy atom. The summed E-state index contributed by atoms with van der Waals surface area (Å²) in [7, 11) is 1.79. The van der Waals surface area contributed by atoms with E-state index in [-0.39, 0.29) is 23.0 Å². The fraction of sp³-hybridized carbons (Fsp3) is 0.174. The largest absolute Gasteiger partial charge is 0.508 e. The van der Waals surface area contributed by atoms with Crippen molar-refractivity contribution in [3.63, 3.8) is 0 Å². The third-order valence-corrected chi connectivity index (χ3v) is 5.68. The van der Waals surface area contributed by atoms with Crippen molar-refractivity contribution < 1.29 is 15.0 Å². The number of carbonyl (C=O) groups excluding carboxylic acids is 1. The van der Waals surface area contributed by atoms with Gasteiger partial charge in [-0.05, 0) is 12.5 Å². The summed E-state index contributed by atoms with van der Waals surface area (Å²) in [5.41, 5.74) is 5.06. The number of phenols is 2. The maximum absolute atomic E-state index is 13.3. The van der Waals surface area contributed by atoms with Crippen molar-refractivity contribution >= 4 is 17.4 Å². The van der Waals surface area contributed by atoms with Crippen LogP contribution in [0.25, 0.3) is 11.3 Å². The monoisotopic (exact) mass is 430 g/mol. The van der Waals surface area contributed by atoms with E-state index in [1.807, 2.05) is 37.3 Å². The van der Waals surface area contributed by atoms with Crippen LogP contribution < -0.4 is 5.32 Å². The number of amides is 1. The molecule has 0 saturated heterocycles. The highest BCUT2D eigenvalue weighted by Gasteiger charge is 2.29. The Labute approximate surface area is 183 Å². The van der Waals surface area contributed by atoms with Gasteiger partial charge >= 0.3 is 0 Å². The lowest BCUT2D eigenvalue weighted by Crippen LogP contribution is -2.26. The molecule has 0 spiro atoms. The highest BCUT2D eigenvalue weighted by atomic mass is 16.3.